The zero-order valence-corrected chi connectivity index (χ0v) is 15.8. The Kier molecular flexibility index (Phi) is 4.41. The summed E-state index contributed by atoms with van der Waals surface area (Å²) in [5, 5.41) is 4.67. The van der Waals surface area contributed by atoms with Crippen LogP contribution >= 0.6 is 23.2 Å². The number of imide groups is 1. The second-order valence-corrected chi connectivity index (χ2v) is 7.74. The summed E-state index contributed by atoms with van der Waals surface area (Å²) in [6, 6.07) is 11.6. The predicted molar refractivity (Wildman–Crippen MR) is 104 cm³/mol. The largest absolute Gasteiger partial charge is 0.381 e. The highest BCUT2D eigenvalue weighted by Crippen LogP contribution is 2.44. The molecule has 2 aliphatic heterocycles. The van der Waals surface area contributed by atoms with E-state index < -0.39 is 0 Å². The van der Waals surface area contributed by atoms with Crippen molar-refractivity contribution in [3.63, 3.8) is 0 Å². The van der Waals surface area contributed by atoms with Crippen LogP contribution in [0.1, 0.15) is 43.2 Å². The van der Waals surface area contributed by atoms with Gasteiger partial charge in [-0.1, -0.05) is 35.3 Å². The number of nitrogens with zero attached hydrogens (tertiary/aromatic N) is 1. The van der Waals surface area contributed by atoms with Gasteiger partial charge in [0.15, 0.2) is 0 Å². The van der Waals surface area contributed by atoms with Crippen LogP contribution in [0.3, 0.4) is 0 Å². The lowest BCUT2D eigenvalue weighted by Crippen LogP contribution is -2.28. The molecular formula is C20H18Cl2N2O2. The summed E-state index contributed by atoms with van der Waals surface area (Å²) >= 11 is 12.6. The first-order chi connectivity index (χ1) is 12.4. The van der Waals surface area contributed by atoms with Crippen LogP contribution in [0.15, 0.2) is 36.4 Å². The molecule has 134 valence electrons. The van der Waals surface area contributed by atoms with Gasteiger partial charge >= 0.3 is 0 Å². The molecule has 0 radical (unpaired) electrons. The zero-order valence-electron chi connectivity index (χ0n) is 14.3. The molecule has 1 saturated heterocycles. The van der Waals surface area contributed by atoms with Gasteiger partial charge in [-0.05, 0) is 48.7 Å². The first-order valence-corrected chi connectivity index (χ1v) is 9.41. The number of fused-ring (bicyclic) bond motifs is 1. The molecule has 0 bridgehead atoms. The Bertz CT molecular complexity index is 879. The Hall–Kier alpha value is -2.04. The van der Waals surface area contributed by atoms with Crippen LogP contribution in [0, 0.1) is 0 Å². The number of amides is 2. The summed E-state index contributed by atoms with van der Waals surface area (Å²) in [4.78, 5) is 25.1. The van der Waals surface area contributed by atoms with Crippen molar-refractivity contribution >= 4 is 46.4 Å². The molecule has 2 heterocycles. The molecule has 4 nitrogen and oxygen atoms in total. The summed E-state index contributed by atoms with van der Waals surface area (Å²) in [6.07, 6.45) is 1.48. The second kappa shape index (κ2) is 6.60. The normalized spacial score (nSPS) is 22.3. The number of rotatable bonds is 2. The van der Waals surface area contributed by atoms with Crippen LogP contribution in [-0.4, -0.2) is 17.9 Å². The van der Waals surface area contributed by atoms with E-state index in [-0.39, 0.29) is 36.6 Å². The molecule has 4 rings (SSSR count). The van der Waals surface area contributed by atoms with Crippen LogP contribution in [0.25, 0.3) is 0 Å². The highest BCUT2D eigenvalue weighted by Gasteiger charge is 2.31. The zero-order chi connectivity index (χ0) is 18.4. The summed E-state index contributed by atoms with van der Waals surface area (Å²) in [5.74, 6) is -0.124. The van der Waals surface area contributed by atoms with Gasteiger partial charge in [0.2, 0.25) is 11.8 Å². The highest BCUT2D eigenvalue weighted by molar-refractivity contribution is 6.36. The number of hydrogen-bond acceptors (Lipinski definition) is 3. The molecule has 0 saturated carbocycles. The fourth-order valence-corrected chi connectivity index (χ4v) is 4.41. The fourth-order valence-electron chi connectivity index (χ4n) is 3.84. The lowest BCUT2D eigenvalue weighted by Gasteiger charge is -2.32. The van der Waals surface area contributed by atoms with Crippen LogP contribution < -0.4 is 10.2 Å². The smallest absolute Gasteiger partial charge is 0.234 e. The van der Waals surface area contributed by atoms with Crippen molar-refractivity contribution in [1.82, 2.24) is 0 Å². The number of anilines is 2. The average molecular weight is 389 g/mol. The predicted octanol–water partition coefficient (Wildman–Crippen LogP) is 4.98. The minimum atomic E-state index is -0.137. The molecule has 0 unspecified atom stereocenters. The Labute approximate surface area is 162 Å². The summed E-state index contributed by atoms with van der Waals surface area (Å²) in [5.41, 5.74) is 3.74. The standard InChI is InChI=1S/C20H18Cl2N2O2/c1-11-8-15(16-9-13(21)10-17(22)20(16)23-11)12-2-4-14(5-3-12)24-18(25)6-7-19(24)26/h2-5,9-11,15,23H,6-8H2,1H3/t11-,15-/m0/s1. The first kappa shape index (κ1) is 17.4. The van der Waals surface area contributed by atoms with Crippen LogP contribution in [-0.2, 0) is 9.59 Å². The van der Waals surface area contributed by atoms with E-state index in [1.807, 2.05) is 30.3 Å². The number of hydrogen-bond donors (Lipinski definition) is 1. The van der Waals surface area contributed by atoms with E-state index in [0.717, 1.165) is 23.2 Å². The van der Waals surface area contributed by atoms with Gasteiger partial charge in [-0.2, -0.15) is 0 Å². The van der Waals surface area contributed by atoms with Crippen molar-refractivity contribution in [3.05, 3.63) is 57.6 Å². The van der Waals surface area contributed by atoms with E-state index in [2.05, 4.69) is 12.2 Å². The minimum absolute atomic E-state index is 0.137. The van der Waals surface area contributed by atoms with E-state index in [0.29, 0.717) is 15.7 Å². The van der Waals surface area contributed by atoms with Gasteiger partial charge in [0.1, 0.15) is 0 Å². The fraction of sp³-hybridized carbons (Fsp3) is 0.300. The maximum Gasteiger partial charge on any atom is 0.234 e. The van der Waals surface area contributed by atoms with Gasteiger partial charge in [0, 0.05) is 29.8 Å². The molecule has 0 spiro atoms. The van der Waals surface area contributed by atoms with Gasteiger partial charge in [0.25, 0.3) is 0 Å². The molecule has 1 N–H and O–H groups in total. The molecule has 26 heavy (non-hydrogen) atoms. The molecule has 2 atom stereocenters. The number of carbonyl (C=O) groups excluding carboxylic acids is 2. The van der Waals surface area contributed by atoms with Crippen LogP contribution in [0.2, 0.25) is 10.0 Å². The van der Waals surface area contributed by atoms with Crippen molar-refractivity contribution in [3.8, 4) is 0 Å². The monoisotopic (exact) mass is 388 g/mol. The number of nitrogens with one attached hydrogen (secondary N) is 1. The van der Waals surface area contributed by atoms with E-state index in [1.54, 1.807) is 6.07 Å². The second-order valence-electron chi connectivity index (χ2n) is 6.90. The molecular weight excluding hydrogens is 371 g/mol. The minimum Gasteiger partial charge on any atom is -0.381 e. The van der Waals surface area contributed by atoms with Gasteiger partial charge in [-0.15, -0.1) is 0 Å². The highest BCUT2D eigenvalue weighted by atomic mass is 35.5. The maximum absolute atomic E-state index is 11.9. The topological polar surface area (TPSA) is 49.4 Å². The van der Waals surface area contributed by atoms with Crippen molar-refractivity contribution < 1.29 is 9.59 Å². The Morgan fingerprint density at radius 2 is 1.69 bits per heavy atom. The van der Waals surface area contributed by atoms with Gasteiger partial charge in [0.05, 0.1) is 16.4 Å². The maximum atomic E-state index is 11.9. The third-order valence-electron chi connectivity index (χ3n) is 5.05. The Morgan fingerprint density at radius 3 is 2.35 bits per heavy atom. The average Bonchev–Trinajstić information content (AvgIpc) is 2.94. The molecule has 2 aliphatic rings. The van der Waals surface area contributed by atoms with E-state index in [9.17, 15) is 9.59 Å². The number of halogens is 2. The molecule has 0 aromatic heterocycles. The van der Waals surface area contributed by atoms with E-state index >= 15 is 0 Å². The molecule has 1 fully saturated rings. The van der Waals surface area contributed by atoms with E-state index in [4.69, 9.17) is 23.2 Å². The van der Waals surface area contributed by atoms with Gasteiger partial charge in [-0.3, -0.25) is 14.5 Å². The van der Waals surface area contributed by atoms with Crippen LogP contribution in [0.4, 0.5) is 11.4 Å². The lowest BCUT2D eigenvalue weighted by atomic mass is 9.82. The van der Waals surface area contributed by atoms with Gasteiger partial charge < -0.3 is 5.32 Å². The SMILES string of the molecule is C[C@H]1C[C@@H](c2ccc(N3C(=O)CCC3=O)cc2)c2cc(Cl)cc(Cl)c2N1. The van der Waals surface area contributed by atoms with Crippen molar-refractivity contribution in [2.75, 3.05) is 10.2 Å². The first-order valence-electron chi connectivity index (χ1n) is 8.65. The quantitative estimate of drug-likeness (QED) is 0.737. The molecule has 2 aromatic carbocycles. The molecule has 2 amide bonds. The Morgan fingerprint density at radius 1 is 1.04 bits per heavy atom. The third kappa shape index (κ3) is 2.97. The van der Waals surface area contributed by atoms with Crippen LogP contribution in [0.5, 0.6) is 0 Å². The molecule has 6 heteroatoms. The van der Waals surface area contributed by atoms with Gasteiger partial charge in [-0.25, -0.2) is 0 Å². The lowest BCUT2D eigenvalue weighted by molar-refractivity contribution is -0.121. The van der Waals surface area contributed by atoms with Crippen molar-refractivity contribution in [2.45, 2.75) is 38.1 Å². The summed E-state index contributed by atoms with van der Waals surface area (Å²) < 4.78 is 0. The third-order valence-corrected chi connectivity index (χ3v) is 5.56. The summed E-state index contributed by atoms with van der Waals surface area (Å²) in [6.45, 7) is 2.12. The van der Waals surface area contributed by atoms with Crippen molar-refractivity contribution in [1.29, 1.82) is 0 Å². The summed E-state index contributed by atoms with van der Waals surface area (Å²) in [7, 11) is 0. The number of benzene rings is 2. The van der Waals surface area contributed by atoms with E-state index in [1.165, 1.54) is 4.90 Å². The molecule has 2 aromatic rings. The molecule has 0 aliphatic carbocycles. The number of carbonyl (C=O) groups is 2. The Balaban J connectivity index is 1.71. The van der Waals surface area contributed by atoms with Crippen molar-refractivity contribution in [2.24, 2.45) is 0 Å².